The van der Waals surface area contributed by atoms with Gasteiger partial charge in [-0.05, 0) is 49.7 Å². The van der Waals surface area contributed by atoms with E-state index in [2.05, 4.69) is 38.3 Å². The van der Waals surface area contributed by atoms with Crippen LogP contribution in [0, 0.1) is 0 Å². The highest BCUT2D eigenvalue weighted by Crippen LogP contribution is 2.30. The normalized spacial score (nSPS) is 22.4. The largest absolute Gasteiger partial charge is 0.493 e. The van der Waals surface area contributed by atoms with Gasteiger partial charge >= 0.3 is 0 Å². The van der Waals surface area contributed by atoms with Crippen LogP contribution in [0.4, 0.5) is 0 Å². The van der Waals surface area contributed by atoms with Gasteiger partial charge in [-0.25, -0.2) is 4.99 Å². The molecule has 3 heterocycles. The first-order chi connectivity index (χ1) is 13.3. The maximum atomic E-state index is 5.71. The molecule has 6 heteroatoms. The molecule has 3 aliphatic heterocycles. The maximum absolute atomic E-state index is 5.71. The Morgan fingerprint density at radius 2 is 2.07 bits per heavy atom. The summed E-state index contributed by atoms with van der Waals surface area (Å²) in [4.78, 5) is 9.50. The summed E-state index contributed by atoms with van der Waals surface area (Å²) in [5.74, 6) is 1.63. The molecule has 0 radical (unpaired) electrons. The Balaban J connectivity index is 1.34. The lowest BCUT2D eigenvalue weighted by Gasteiger charge is -2.38. The van der Waals surface area contributed by atoms with Crippen LogP contribution < -0.4 is 14.8 Å². The third-order valence-corrected chi connectivity index (χ3v) is 5.48. The molecule has 1 aromatic rings. The highest BCUT2D eigenvalue weighted by molar-refractivity contribution is 5.64. The lowest BCUT2D eigenvalue weighted by Crippen LogP contribution is -2.46. The molecule has 144 valence electrons. The standard InChI is InChI=1S/C21H28N4O2/c1-3-27-21-12-16(4-5-20(21)26-2)14-24-10-7-17(8-11-24)25-15-23-18-13-22-9-6-19(18)25/h4-6,9,12-13,15,17,19,22H,3,7-8,10-11,14H2,1-2H3. The number of methoxy groups -OCH3 is 1. The molecule has 3 aliphatic rings. The van der Waals surface area contributed by atoms with E-state index in [0.717, 1.165) is 49.7 Å². The van der Waals surface area contributed by atoms with Crippen LogP contribution in [0.3, 0.4) is 0 Å². The number of aliphatic imine (C=N–C) groups is 1. The van der Waals surface area contributed by atoms with Crippen LogP contribution in [-0.2, 0) is 6.54 Å². The first-order valence-electron chi connectivity index (χ1n) is 9.75. The third kappa shape index (κ3) is 3.81. The van der Waals surface area contributed by atoms with Crippen molar-refractivity contribution in [1.82, 2.24) is 15.1 Å². The predicted molar refractivity (Wildman–Crippen MR) is 107 cm³/mol. The molecule has 4 rings (SSSR count). The Hall–Kier alpha value is -2.47. The number of fused-ring (bicyclic) bond motifs is 1. The fraction of sp³-hybridized carbons (Fsp3) is 0.476. The number of hydrogen-bond acceptors (Lipinski definition) is 6. The average molecular weight is 368 g/mol. The zero-order valence-corrected chi connectivity index (χ0v) is 16.1. The van der Waals surface area contributed by atoms with Gasteiger partial charge in [0.1, 0.15) is 0 Å². The van der Waals surface area contributed by atoms with Gasteiger partial charge in [-0.1, -0.05) is 6.07 Å². The molecule has 27 heavy (non-hydrogen) atoms. The van der Waals surface area contributed by atoms with Crippen LogP contribution in [-0.4, -0.2) is 55.0 Å². The number of hydrogen-bond donors (Lipinski definition) is 1. The van der Waals surface area contributed by atoms with Crippen LogP contribution >= 0.6 is 0 Å². The van der Waals surface area contributed by atoms with Gasteiger partial charge in [0.2, 0.25) is 0 Å². The number of ether oxygens (including phenoxy) is 2. The van der Waals surface area contributed by atoms with Crippen molar-refractivity contribution < 1.29 is 9.47 Å². The van der Waals surface area contributed by atoms with Crippen LogP contribution in [0.1, 0.15) is 25.3 Å². The average Bonchev–Trinajstić information content (AvgIpc) is 3.13. The summed E-state index contributed by atoms with van der Waals surface area (Å²) in [6.07, 6.45) is 10.5. The molecule has 1 saturated heterocycles. The van der Waals surface area contributed by atoms with Gasteiger partial charge in [0.25, 0.3) is 0 Å². The molecule has 0 bridgehead atoms. The molecule has 6 nitrogen and oxygen atoms in total. The second kappa shape index (κ2) is 8.05. The minimum atomic E-state index is 0.304. The van der Waals surface area contributed by atoms with E-state index in [1.807, 2.05) is 31.7 Å². The molecular weight excluding hydrogens is 340 g/mol. The summed E-state index contributed by atoms with van der Waals surface area (Å²) >= 11 is 0. The molecule has 1 aromatic carbocycles. The SMILES string of the molecule is CCOc1cc(CN2CCC(N3C=NC4=CNC=CC43)CC2)ccc1OC. The second-order valence-electron chi connectivity index (χ2n) is 7.16. The molecule has 0 aliphatic carbocycles. The maximum Gasteiger partial charge on any atom is 0.161 e. The predicted octanol–water partition coefficient (Wildman–Crippen LogP) is 2.73. The number of benzene rings is 1. The molecule has 1 N–H and O–H groups in total. The van der Waals surface area contributed by atoms with E-state index >= 15 is 0 Å². The van der Waals surface area contributed by atoms with Gasteiger partial charge in [0.05, 0.1) is 31.8 Å². The Kier molecular flexibility index (Phi) is 5.34. The molecule has 0 amide bonds. The zero-order chi connectivity index (χ0) is 18.6. The third-order valence-electron chi connectivity index (χ3n) is 5.48. The van der Waals surface area contributed by atoms with Crippen molar-refractivity contribution in [2.75, 3.05) is 26.8 Å². The molecule has 0 aromatic heterocycles. The molecule has 0 saturated carbocycles. The first-order valence-corrected chi connectivity index (χ1v) is 9.75. The number of likely N-dealkylation sites (tertiary alicyclic amines) is 1. The molecular formula is C21H28N4O2. The van der Waals surface area contributed by atoms with Crippen LogP contribution in [0.25, 0.3) is 0 Å². The topological polar surface area (TPSA) is 49.3 Å². The second-order valence-corrected chi connectivity index (χ2v) is 7.16. The van der Waals surface area contributed by atoms with E-state index in [1.165, 1.54) is 5.56 Å². The highest BCUT2D eigenvalue weighted by Gasteiger charge is 2.32. The van der Waals surface area contributed by atoms with Crippen molar-refractivity contribution in [1.29, 1.82) is 0 Å². The van der Waals surface area contributed by atoms with Gasteiger partial charge in [0.15, 0.2) is 11.5 Å². The van der Waals surface area contributed by atoms with Gasteiger partial charge in [-0.3, -0.25) is 4.90 Å². The number of rotatable bonds is 6. The number of nitrogens with zero attached hydrogens (tertiary/aromatic N) is 3. The van der Waals surface area contributed by atoms with E-state index in [9.17, 15) is 0 Å². The van der Waals surface area contributed by atoms with Crippen molar-refractivity contribution in [3.63, 3.8) is 0 Å². The Morgan fingerprint density at radius 1 is 1.22 bits per heavy atom. The Labute approximate surface area is 161 Å². The molecule has 1 fully saturated rings. The van der Waals surface area contributed by atoms with E-state index in [0.29, 0.717) is 18.7 Å². The summed E-state index contributed by atoms with van der Waals surface area (Å²) in [5, 5.41) is 3.13. The first kappa shape index (κ1) is 17.9. The summed E-state index contributed by atoms with van der Waals surface area (Å²) in [7, 11) is 1.68. The monoisotopic (exact) mass is 368 g/mol. The van der Waals surface area contributed by atoms with E-state index in [-0.39, 0.29) is 0 Å². The number of dihydropyridines is 1. The van der Waals surface area contributed by atoms with Crippen molar-refractivity contribution >= 4 is 6.34 Å². The summed E-state index contributed by atoms with van der Waals surface area (Å²) in [6.45, 7) is 5.78. The molecule has 0 spiro atoms. The summed E-state index contributed by atoms with van der Waals surface area (Å²) in [5.41, 5.74) is 2.38. The van der Waals surface area contributed by atoms with Crippen LogP contribution in [0.2, 0.25) is 0 Å². The van der Waals surface area contributed by atoms with Gasteiger partial charge in [0, 0.05) is 31.9 Å². The van der Waals surface area contributed by atoms with E-state index < -0.39 is 0 Å². The lowest BCUT2D eigenvalue weighted by molar-refractivity contribution is 0.147. The quantitative estimate of drug-likeness (QED) is 0.837. The smallest absolute Gasteiger partial charge is 0.161 e. The minimum Gasteiger partial charge on any atom is -0.493 e. The van der Waals surface area contributed by atoms with E-state index in [1.54, 1.807) is 7.11 Å². The molecule has 1 unspecified atom stereocenters. The van der Waals surface area contributed by atoms with Crippen LogP contribution in [0.5, 0.6) is 11.5 Å². The Morgan fingerprint density at radius 3 is 2.85 bits per heavy atom. The fourth-order valence-electron chi connectivity index (χ4n) is 4.08. The van der Waals surface area contributed by atoms with Gasteiger partial charge < -0.3 is 19.7 Å². The summed E-state index contributed by atoms with van der Waals surface area (Å²) in [6, 6.07) is 7.11. The minimum absolute atomic E-state index is 0.304. The van der Waals surface area contributed by atoms with Crippen molar-refractivity contribution in [3.8, 4) is 11.5 Å². The molecule has 1 atom stereocenters. The number of nitrogens with one attached hydrogen (secondary N) is 1. The fourth-order valence-corrected chi connectivity index (χ4v) is 4.08. The lowest BCUT2D eigenvalue weighted by atomic mass is 10.0. The van der Waals surface area contributed by atoms with Crippen LogP contribution in [0.15, 0.2) is 47.4 Å². The van der Waals surface area contributed by atoms with Gasteiger partial charge in [-0.15, -0.1) is 0 Å². The number of piperidine rings is 1. The van der Waals surface area contributed by atoms with Crippen molar-refractivity contribution in [3.05, 3.63) is 47.9 Å². The van der Waals surface area contributed by atoms with E-state index in [4.69, 9.17) is 9.47 Å². The van der Waals surface area contributed by atoms with Crippen molar-refractivity contribution in [2.45, 2.75) is 38.4 Å². The highest BCUT2D eigenvalue weighted by atomic mass is 16.5. The van der Waals surface area contributed by atoms with Crippen molar-refractivity contribution in [2.24, 2.45) is 4.99 Å². The summed E-state index contributed by atoms with van der Waals surface area (Å²) < 4.78 is 11.1. The zero-order valence-electron chi connectivity index (χ0n) is 16.1. The van der Waals surface area contributed by atoms with Gasteiger partial charge in [-0.2, -0.15) is 0 Å². The Bertz CT molecular complexity index is 751.